The summed E-state index contributed by atoms with van der Waals surface area (Å²) in [5.74, 6) is 1.29. The van der Waals surface area contributed by atoms with Crippen LogP contribution in [0, 0.1) is 5.92 Å². The molecule has 0 spiro atoms. The molecule has 0 aliphatic carbocycles. The van der Waals surface area contributed by atoms with Gasteiger partial charge in [-0.3, -0.25) is 0 Å². The van der Waals surface area contributed by atoms with Gasteiger partial charge in [0.15, 0.2) is 5.88 Å². The third kappa shape index (κ3) is 7.21. The molecule has 0 amide bonds. The van der Waals surface area contributed by atoms with Crippen LogP contribution < -0.4 is 5.32 Å². The van der Waals surface area contributed by atoms with Crippen molar-refractivity contribution < 1.29 is 18.7 Å². The van der Waals surface area contributed by atoms with Gasteiger partial charge in [-0.15, -0.1) is 0 Å². The summed E-state index contributed by atoms with van der Waals surface area (Å²) in [7, 11) is 0. The molecule has 2 aromatic rings. The zero-order chi connectivity index (χ0) is 22.1. The smallest absolute Gasteiger partial charge is 0.374 e. The molecular weight excluding hydrogens is 378 g/mol. The first-order valence-corrected chi connectivity index (χ1v) is 10.9. The molecule has 30 heavy (non-hydrogen) atoms. The van der Waals surface area contributed by atoms with E-state index in [9.17, 15) is 4.79 Å². The van der Waals surface area contributed by atoms with Crippen molar-refractivity contribution in [2.45, 2.75) is 59.3 Å². The molecule has 1 aromatic carbocycles. The van der Waals surface area contributed by atoms with E-state index >= 15 is 0 Å². The number of hydrogen-bond donors (Lipinski definition) is 1. The Morgan fingerprint density at radius 2 is 1.77 bits per heavy atom. The minimum atomic E-state index is -0.471. The van der Waals surface area contributed by atoms with E-state index in [4.69, 9.17) is 13.9 Å². The molecular formula is C25H37NO4. The van der Waals surface area contributed by atoms with Crippen LogP contribution in [0.3, 0.4) is 0 Å². The standard InChI is InChI=1S/C25H37NO4/c1-7-28-16-17-29-24(27)22-12-13-23(30-22)26-15-14-21(18(2)3)19-8-10-20(11-9-19)25(4,5)6/h8-13,18,21,26H,7,14-17H2,1-6H3. The van der Waals surface area contributed by atoms with E-state index in [0.29, 0.717) is 30.9 Å². The molecule has 1 heterocycles. The van der Waals surface area contributed by atoms with E-state index in [1.807, 2.05) is 6.92 Å². The molecule has 0 fully saturated rings. The number of rotatable bonds is 11. The van der Waals surface area contributed by atoms with Gasteiger partial charge < -0.3 is 19.2 Å². The first-order chi connectivity index (χ1) is 14.2. The van der Waals surface area contributed by atoms with E-state index in [1.54, 1.807) is 12.1 Å². The van der Waals surface area contributed by atoms with Crippen molar-refractivity contribution in [1.82, 2.24) is 0 Å². The fourth-order valence-electron chi connectivity index (χ4n) is 3.42. The number of ether oxygens (including phenoxy) is 2. The highest BCUT2D eigenvalue weighted by molar-refractivity contribution is 5.86. The summed E-state index contributed by atoms with van der Waals surface area (Å²) in [5, 5.41) is 3.29. The van der Waals surface area contributed by atoms with E-state index < -0.39 is 5.97 Å². The minimum Gasteiger partial charge on any atom is -0.457 e. The number of carbonyl (C=O) groups is 1. The maximum atomic E-state index is 12.0. The Morgan fingerprint density at radius 3 is 2.37 bits per heavy atom. The lowest BCUT2D eigenvalue weighted by molar-refractivity contribution is 0.0305. The topological polar surface area (TPSA) is 60.7 Å². The van der Waals surface area contributed by atoms with E-state index in [2.05, 4.69) is 64.2 Å². The van der Waals surface area contributed by atoms with Gasteiger partial charge in [0.25, 0.3) is 0 Å². The Hall–Kier alpha value is -2.27. The van der Waals surface area contributed by atoms with Gasteiger partial charge in [0.1, 0.15) is 6.61 Å². The molecule has 0 saturated heterocycles. The maximum Gasteiger partial charge on any atom is 0.374 e. The minimum absolute atomic E-state index is 0.161. The summed E-state index contributed by atoms with van der Waals surface area (Å²) in [4.78, 5) is 12.0. The van der Waals surface area contributed by atoms with Gasteiger partial charge in [0.2, 0.25) is 5.76 Å². The molecule has 1 unspecified atom stereocenters. The van der Waals surface area contributed by atoms with E-state index in [-0.39, 0.29) is 17.8 Å². The second-order valence-corrected chi connectivity index (χ2v) is 8.93. The Balaban J connectivity index is 1.88. The second kappa shape index (κ2) is 11.2. The van der Waals surface area contributed by atoms with Crippen molar-refractivity contribution in [3.8, 4) is 0 Å². The molecule has 0 bridgehead atoms. The monoisotopic (exact) mass is 415 g/mol. The fourth-order valence-corrected chi connectivity index (χ4v) is 3.42. The van der Waals surface area contributed by atoms with Crippen LogP contribution in [0.2, 0.25) is 0 Å². The molecule has 0 aliphatic heterocycles. The van der Waals surface area contributed by atoms with Crippen LogP contribution in [0.1, 0.15) is 75.6 Å². The summed E-state index contributed by atoms with van der Waals surface area (Å²) in [6.07, 6.45) is 0.974. The lowest BCUT2D eigenvalue weighted by Gasteiger charge is -2.24. The van der Waals surface area contributed by atoms with E-state index in [0.717, 1.165) is 13.0 Å². The first kappa shape index (κ1) is 24.0. The van der Waals surface area contributed by atoms with Crippen LogP contribution in [0.15, 0.2) is 40.8 Å². The highest BCUT2D eigenvalue weighted by Crippen LogP contribution is 2.30. The maximum absolute atomic E-state index is 12.0. The van der Waals surface area contributed by atoms with Crippen LogP contribution in [-0.2, 0) is 14.9 Å². The second-order valence-electron chi connectivity index (χ2n) is 8.93. The van der Waals surface area contributed by atoms with E-state index in [1.165, 1.54) is 11.1 Å². The van der Waals surface area contributed by atoms with Crippen molar-refractivity contribution in [3.63, 3.8) is 0 Å². The molecule has 5 heteroatoms. The highest BCUT2D eigenvalue weighted by atomic mass is 16.6. The van der Waals surface area contributed by atoms with Crippen LogP contribution in [-0.4, -0.2) is 32.3 Å². The van der Waals surface area contributed by atoms with Gasteiger partial charge in [-0.05, 0) is 47.8 Å². The normalized spacial score (nSPS) is 12.8. The number of benzene rings is 1. The summed E-state index contributed by atoms with van der Waals surface area (Å²) in [6.45, 7) is 15.1. The Kier molecular flexibility index (Phi) is 8.97. The van der Waals surface area contributed by atoms with Crippen LogP contribution in [0.25, 0.3) is 0 Å². The number of carbonyl (C=O) groups excluding carboxylic acids is 1. The van der Waals surface area contributed by atoms with Gasteiger partial charge in [-0.1, -0.05) is 58.9 Å². The predicted octanol–water partition coefficient (Wildman–Crippen LogP) is 6.01. The first-order valence-electron chi connectivity index (χ1n) is 10.9. The molecule has 166 valence electrons. The van der Waals surface area contributed by atoms with Gasteiger partial charge in [0.05, 0.1) is 6.61 Å². The SMILES string of the molecule is CCOCCOC(=O)c1ccc(NCCC(c2ccc(C(C)(C)C)cc2)C(C)C)o1. The Labute approximate surface area is 181 Å². The zero-order valence-corrected chi connectivity index (χ0v) is 19.3. The molecule has 0 aliphatic rings. The van der Waals surface area contributed by atoms with Crippen molar-refractivity contribution in [3.05, 3.63) is 53.3 Å². The van der Waals surface area contributed by atoms with Crippen molar-refractivity contribution in [2.24, 2.45) is 5.92 Å². The fraction of sp³-hybridized carbons (Fsp3) is 0.560. The average molecular weight is 416 g/mol. The molecule has 1 N–H and O–H groups in total. The van der Waals surface area contributed by atoms with Gasteiger partial charge in [-0.25, -0.2) is 4.79 Å². The lowest BCUT2D eigenvalue weighted by Crippen LogP contribution is -2.14. The number of anilines is 1. The molecule has 1 aromatic heterocycles. The number of esters is 1. The van der Waals surface area contributed by atoms with Crippen LogP contribution in [0.4, 0.5) is 5.88 Å². The summed E-state index contributed by atoms with van der Waals surface area (Å²) < 4.78 is 15.9. The largest absolute Gasteiger partial charge is 0.457 e. The Bertz CT molecular complexity index is 771. The molecule has 0 radical (unpaired) electrons. The number of furan rings is 1. The third-order valence-corrected chi connectivity index (χ3v) is 5.24. The predicted molar refractivity (Wildman–Crippen MR) is 121 cm³/mol. The number of nitrogens with one attached hydrogen (secondary N) is 1. The number of hydrogen-bond acceptors (Lipinski definition) is 5. The Morgan fingerprint density at radius 1 is 1.07 bits per heavy atom. The average Bonchev–Trinajstić information content (AvgIpc) is 3.17. The van der Waals surface area contributed by atoms with Crippen molar-refractivity contribution in [1.29, 1.82) is 0 Å². The summed E-state index contributed by atoms with van der Waals surface area (Å²) in [5.41, 5.74) is 2.87. The highest BCUT2D eigenvalue weighted by Gasteiger charge is 2.19. The van der Waals surface area contributed by atoms with Crippen LogP contribution in [0.5, 0.6) is 0 Å². The zero-order valence-electron chi connectivity index (χ0n) is 19.3. The van der Waals surface area contributed by atoms with Crippen molar-refractivity contribution in [2.75, 3.05) is 31.7 Å². The molecule has 2 rings (SSSR count). The van der Waals surface area contributed by atoms with Gasteiger partial charge in [0, 0.05) is 19.2 Å². The third-order valence-electron chi connectivity index (χ3n) is 5.24. The van der Waals surface area contributed by atoms with Crippen LogP contribution >= 0.6 is 0 Å². The molecule has 0 saturated carbocycles. The lowest BCUT2D eigenvalue weighted by atomic mass is 9.82. The van der Waals surface area contributed by atoms with Crippen molar-refractivity contribution >= 4 is 11.9 Å². The molecule has 1 atom stereocenters. The van der Waals surface area contributed by atoms with Gasteiger partial charge in [-0.2, -0.15) is 0 Å². The summed E-state index contributed by atoms with van der Waals surface area (Å²) in [6, 6.07) is 12.4. The van der Waals surface area contributed by atoms with Gasteiger partial charge >= 0.3 is 5.97 Å². The summed E-state index contributed by atoms with van der Waals surface area (Å²) >= 11 is 0. The molecule has 5 nitrogen and oxygen atoms in total. The quantitative estimate of drug-likeness (QED) is 0.360.